The summed E-state index contributed by atoms with van der Waals surface area (Å²) in [7, 11) is 0. The number of hydrogen-bond acceptors (Lipinski definition) is 5. The van der Waals surface area contributed by atoms with Crippen LogP contribution in [0.4, 0.5) is 0 Å². The van der Waals surface area contributed by atoms with Crippen molar-refractivity contribution in [2.75, 3.05) is 0 Å². The van der Waals surface area contributed by atoms with Gasteiger partial charge in [0.05, 0.1) is 26.8 Å². The molecule has 3 N–H and O–H groups in total. The van der Waals surface area contributed by atoms with Crippen LogP contribution >= 0.6 is 38.6 Å². The Balaban J connectivity index is 2.18. The first kappa shape index (κ1) is 12.7. The predicted molar refractivity (Wildman–Crippen MR) is 72.3 cm³/mol. The summed E-state index contributed by atoms with van der Waals surface area (Å²) in [6.45, 7) is 0. The van der Waals surface area contributed by atoms with Crippen LogP contribution in [-0.4, -0.2) is 16.1 Å². The van der Waals surface area contributed by atoms with Crippen molar-refractivity contribution in [3.63, 3.8) is 0 Å². The summed E-state index contributed by atoms with van der Waals surface area (Å²) in [5, 5.41) is 11.4. The van der Waals surface area contributed by atoms with Gasteiger partial charge in [-0.3, -0.25) is 4.79 Å². The quantitative estimate of drug-likeness (QED) is 0.901. The van der Waals surface area contributed by atoms with Crippen molar-refractivity contribution in [3.05, 3.63) is 27.0 Å². The van der Waals surface area contributed by atoms with E-state index < -0.39 is 12.0 Å². The molecule has 0 aliphatic rings. The molecule has 0 aliphatic carbocycles. The van der Waals surface area contributed by atoms with Crippen molar-refractivity contribution in [3.8, 4) is 9.88 Å². The molecule has 7 heteroatoms. The number of nitrogens with zero attached hydrogens (tertiary/aromatic N) is 1. The number of aromatic nitrogens is 1. The zero-order valence-electron chi connectivity index (χ0n) is 8.59. The van der Waals surface area contributed by atoms with Crippen molar-refractivity contribution in [2.24, 2.45) is 5.73 Å². The maximum absolute atomic E-state index is 10.6. The lowest BCUT2D eigenvalue weighted by atomic mass is 10.2. The molecule has 0 saturated heterocycles. The van der Waals surface area contributed by atoms with E-state index in [1.54, 1.807) is 11.3 Å². The van der Waals surface area contributed by atoms with Gasteiger partial charge >= 0.3 is 5.97 Å². The van der Waals surface area contributed by atoms with Gasteiger partial charge in [-0.2, -0.15) is 0 Å². The first-order valence-corrected chi connectivity index (χ1v) is 7.23. The Hall–Kier alpha value is -0.760. The van der Waals surface area contributed by atoms with Gasteiger partial charge in [0.1, 0.15) is 5.01 Å². The summed E-state index contributed by atoms with van der Waals surface area (Å²) in [4.78, 5) is 16.0. The smallest absolute Gasteiger partial charge is 0.305 e. The molecule has 2 heterocycles. The minimum Gasteiger partial charge on any atom is -0.481 e. The molecule has 0 saturated carbocycles. The highest BCUT2D eigenvalue weighted by Crippen LogP contribution is 2.34. The summed E-state index contributed by atoms with van der Waals surface area (Å²) < 4.78 is 1.04. The normalized spacial score (nSPS) is 12.6. The highest BCUT2D eigenvalue weighted by atomic mass is 79.9. The number of carboxylic acids is 1. The molecule has 4 nitrogen and oxygen atoms in total. The lowest BCUT2D eigenvalue weighted by Crippen LogP contribution is -2.15. The summed E-state index contributed by atoms with van der Waals surface area (Å²) in [5.41, 5.74) is 6.39. The molecule has 1 unspecified atom stereocenters. The third-order valence-corrected chi connectivity index (χ3v) is 4.73. The maximum Gasteiger partial charge on any atom is 0.305 e. The number of hydrogen-bond donors (Lipinski definition) is 2. The zero-order chi connectivity index (χ0) is 12.4. The molecule has 17 heavy (non-hydrogen) atoms. The van der Waals surface area contributed by atoms with Crippen LogP contribution < -0.4 is 5.73 Å². The standard InChI is InChI=1S/C10H9BrN2O2S2/c11-8-2-1-7(17-8)10-13-6(4-16-10)5(12)3-9(14)15/h1-2,4-5H,3,12H2,(H,14,15). The van der Waals surface area contributed by atoms with E-state index in [1.807, 2.05) is 17.5 Å². The number of aliphatic carboxylic acids is 1. The number of halogens is 1. The van der Waals surface area contributed by atoms with Crippen LogP contribution in [0, 0.1) is 0 Å². The van der Waals surface area contributed by atoms with Gasteiger partial charge < -0.3 is 10.8 Å². The van der Waals surface area contributed by atoms with E-state index in [0.29, 0.717) is 5.69 Å². The zero-order valence-corrected chi connectivity index (χ0v) is 11.8. The highest BCUT2D eigenvalue weighted by Gasteiger charge is 2.15. The Morgan fingerprint density at radius 2 is 2.35 bits per heavy atom. The lowest BCUT2D eigenvalue weighted by Gasteiger charge is -2.03. The van der Waals surface area contributed by atoms with Crippen molar-refractivity contribution < 1.29 is 9.90 Å². The van der Waals surface area contributed by atoms with E-state index in [1.165, 1.54) is 11.3 Å². The maximum atomic E-state index is 10.6. The van der Waals surface area contributed by atoms with Crippen LogP contribution in [-0.2, 0) is 4.79 Å². The number of rotatable bonds is 4. The minimum absolute atomic E-state index is 0.0999. The van der Waals surface area contributed by atoms with Gasteiger partial charge in [-0.15, -0.1) is 22.7 Å². The van der Waals surface area contributed by atoms with Crippen molar-refractivity contribution in [1.29, 1.82) is 0 Å². The molecule has 2 aromatic rings. The Kier molecular flexibility index (Phi) is 3.93. The highest BCUT2D eigenvalue weighted by molar-refractivity contribution is 9.11. The Labute approximate surface area is 114 Å². The van der Waals surface area contributed by atoms with Gasteiger partial charge in [0.2, 0.25) is 0 Å². The van der Waals surface area contributed by atoms with Crippen molar-refractivity contribution in [1.82, 2.24) is 4.98 Å². The van der Waals surface area contributed by atoms with Crippen LogP contribution in [0.3, 0.4) is 0 Å². The summed E-state index contributed by atoms with van der Waals surface area (Å²) >= 11 is 6.46. The second-order valence-electron chi connectivity index (χ2n) is 3.39. The largest absolute Gasteiger partial charge is 0.481 e. The minimum atomic E-state index is -0.911. The van der Waals surface area contributed by atoms with Gasteiger partial charge in [-0.25, -0.2) is 4.98 Å². The molecule has 90 valence electrons. The molecular formula is C10H9BrN2O2S2. The Bertz CT molecular complexity index is 538. The van der Waals surface area contributed by atoms with Crippen LogP contribution in [0.1, 0.15) is 18.2 Å². The van der Waals surface area contributed by atoms with Gasteiger partial charge in [0.15, 0.2) is 0 Å². The predicted octanol–water partition coefficient (Wildman–Crippen LogP) is 3.11. The average molecular weight is 333 g/mol. The van der Waals surface area contributed by atoms with E-state index in [9.17, 15) is 4.79 Å². The molecule has 0 bridgehead atoms. The second kappa shape index (κ2) is 5.26. The fraction of sp³-hybridized carbons (Fsp3) is 0.200. The number of nitrogens with two attached hydrogens (primary N) is 1. The fourth-order valence-electron chi connectivity index (χ4n) is 1.29. The first-order valence-electron chi connectivity index (χ1n) is 4.75. The fourth-order valence-corrected chi connectivity index (χ4v) is 3.63. The van der Waals surface area contributed by atoms with Crippen molar-refractivity contribution in [2.45, 2.75) is 12.5 Å². The molecule has 1 atom stereocenters. The van der Waals surface area contributed by atoms with Crippen LogP contribution in [0.5, 0.6) is 0 Å². The number of thiazole rings is 1. The Morgan fingerprint density at radius 3 is 2.94 bits per heavy atom. The monoisotopic (exact) mass is 332 g/mol. The van der Waals surface area contributed by atoms with E-state index in [4.69, 9.17) is 10.8 Å². The number of carbonyl (C=O) groups is 1. The van der Waals surface area contributed by atoms with E-state index in [-0.39, 0.29) is 6.42 Å². The van der Waals surface area contributed by atoms with Gasteiger partial charge in [-0.1, -0.05) is 0 Å². The summed E-state index contributed by atoms with van der Waals surface area (Å²) in [6, 6.07) is 3.39. The average Bonchev–Trinajstić information content (AvgIpc) is 2.84. The second-order valence-corrected chi connectivity index (χ2v) is 6.71. The molecular weight excluding hydrogens is 324 g/mol. The lowest BCUT2D eigenvalue weighted by molar-refractivity contribution is -0.137. The summed E-state index contributed by atoms with van der Waals surface area (Å²) in [6.07, 6.45) is -0.0999. The number of thiophene rings is 1. The van der Waals surface area contributed by atoms with Crippen LogP contribution in [0.15, 0.2) is 21.3 Å². The van der Waals surface area contributed by atoms with Crippen molar-refractivity contribution >= 4 is 44.6 Å². The molecule has 0 radical (unpaired) electrons. The third kappa shape index (κ3) is 3.12. The topological polar surface area (TPSA) is 76.2 Å². The van der Waals surface area contributed by atoms with Crippen LogP contribution in [0.25, 0.3) is 9.88 Å². The third-order valence-electron chi connectivity index (χ3n) is 2.08. The van der Waals surface area contributed by atoms with Gasteiger partial charge in [-0.05, 0) is 28.1 Å². The number of carboxylic acid groups (broad SMARTS) is 1. The molecule has 2 rings (SSSR count). The van der Waals surface area contributed by atoms with Gasteiger partial charge in [0, 0.05) is 5.38 Å². The molecule has 0 aromatic carbocycles. The SMILES string of the molecule is NC(CC(=O)O)c1csc(-c2ccc(Br)s2)n1. The first-order chi connectivity index (χ1) is 8.06. The summed E-state index contributed by atoms with van der Waals surface area (Å²) in [5.74, 6) is -0.911. The van der Waals surface area contributed by atoms with Gasteiger partial charge in [0.25, 0.3) is 0 Å². The molecule has 2 aromatic heterocycles. The molecule has 0 amide bonds. The molecule has 0 fully saturated rings. The Morgan fingerprint density at radius 1 is 1.59 bits per heavy atom. The van der Waals surface area contributed by atoms with E-state index in [0.717, 1.165) is 13.7 Å². The molecule has 0 spiro atoms. The molecule has 0 aliphatic heterocycles. The van der Waals surface area contributed by atoms with E-state index >= 15 is 0 Å². The van der Waals surface area contributed by atoms with Crippen LogP contribution in [0.2, 0.25) is 0 Å². The van der Waals surface area contributed by atoms with E-state index in [2.05, 4.69) is 20.9 Å².